The van der Waals surface area contributed by atoms with Crippen molar-refractivity contribution >= 4 is 34.8 Å². The second-order valence-corrected chi connectivity index (χ2v) is 5.93. The zero-order chi connectivity index (χ0) is 9.73. The van der Waals surface area contributed by atoms with Gasteiger partial charge in [-0.05, 0) is 12.8 Å². The Morgan fingerprint density at radius 2 is 1.69 bits per heavy atom. The highest BCUT2D eigenvalue weighted by atomic mass is 35.6. The second kappa shape index (κ2) is 5.65. The van der Waals surface area contributed by atoms with Gasteiger partial charge in [-0.15, -0.1) is 0 Å². The van der Waals surface area contributed by atoms with Crippen molar-refractivity contribution in [2.75, 3.05) is 13.2 Å². The lowest BCUT2D eigenvalue weighted by Gasteiger charge is -2.21. The van der Waals surface area contributed by atoms with Gasteiger partial charge in [0.2, 0.25) is 3.79 Å². The van der Waals surface area contributed by atoms with E-state index in [2.05, 4.69) is 0 Å². The van der Waals surface area contributed by atoms with Crippen molar-refractivity contribution in [1.82, 2.24) is 0 Å². The van der Waals surface area contributed by atoms with E-state index in [0.717, 1.165) is 0 Å². The van der Waals surface area contributed by atoms with E-state index >= 15 is 0 Å². The summed E-state index contributed by atoms with van der Waals surface area (Å²) in [6.07, 6.45) is 6.27. The molecule has 0 aliphatic heterocycles. The van der Waals surface area contributed by atoms with Gasteiger partial charge in [0, 0.05) is 5.92 Å². The summed E-state index contributed by atoms with van der Waals surface area (Å²) in [6.45, 7) is 0.842. The van der Waals surface area contributed by atoms with Crippen molar-refractivity contribution in [2.45, 2.75) is 35.9 Å². The Bertz CT molecular complexity index is 138. The number of alkyl halides is 3. The van der Waals surface area contributed by atoms with E-state index in [1.54, 1.807) is 0 Å². The molecule has 0 unspecified atom stereocenters. The van der Waals surface area contributed by atoms with Crippen molar-refractivity contribution in [3.8, 4) is 0 Å². The monoisotopic (exact) mass is 243 g/mol. The van der Waals surface area contributed by atoms with Crippen molar-refractivity contribution in [2.24, 2.45) is 0 Å². The molecule has 0 heterocycles. The number of rotatable bonds is 3. The van der Waals surface area contributed by atoms with Crippen LogP contribution in [-0.2, 0) is 4.74 Å². The predicted molar refractivity (Wildman–Crippen MR) is 57.4 cm³/mol. The molecule has 1 aliphatic rings. The molecule has 1 rings (SSSR count). The third kappa shape index (κ3) is 6.01. The van der Waals surface area contributed by atoms with Crippen LogP contribution in [0.5, 0.6) is 0 Å². The molecule has 4 heteroatoms. The first-order chi connectivity index (χ1) is 6.08. The van der Waals surface area contributed by atoms with Crippen LogP contribution in [0.25, 0.3) is 0 Å². The summed E-state index contributed by atoms with van der Waals surface area (Å²) in [5.41, 5.74) is 0. The molecule has 0 aromatic rings. The third-order valence-electron chi connectivity index (χ3n) is 2.13. The molecule has 77 valence electrons. The summed E-state index contributed by atoms with van der Waals surface area (Å²) in [5.74, 6) is 1.46. The Morgan fingerprint density at radius 3 is 2.23 bits per heavy atom. The summed E-state index contributed by atoms with van der Waals surface area (Å²) in [4.78, 5) is 0. The molecule has 0 amide bonds. The Labute approximate surface area is 94.7 Å². The molecule has 1 aliphatic carbocycles. The lowest BCUT2D eigenvalue weighted by Crippen LogP contribution is -2.18. The third-order valence-corrected chi connectivity index (χ3v) is 2.46. The average Bonchev–Trinajstić information content (AvgIpc) is 2.04. The maximum absolute atomic E-state index is 5.55. The number of halogens is 3. The van der Waals surface area contributed by atoms with Crippen LogP contribution in [-0.4, -0.2) is 17.0 Å². The average molecular weight is 245 g/mol. The molecule has 0 saturated heterocycles. The van der Waals surface area contributed by atoms with E-state index < -0.39 is 3.79 Å². The molecule has 0 bridgehead atoms. The summed E-state index contributed by atoms with van der Waals surface area (Å²) in [7, 11) is 0. The van der Waals surface area contributed by atoms with Crippen LogP contribution in [0.1, 0.15) is 32.1 Å². The Morgan fingerprint density at radius 1 is 1.08 bits per heavy atom. The van der Waals surface area contributed by atoms with Gasteiger partial charge in [0.25, 0.3) is 0 Å². The summed E-state index contributed by atoms with van der Waals surface area (Å²) in [5, 5.41) is 0. The van der Waals surface area contributed by atoms with Gasteiger partial charge >= 0.3 is 0 Å². The molecule has 0 atom stereocenters. The van der Waals surface area contributed by atoms with Crippen LogP contribution in [0.2, 0.25) is 0 Å². The molecule has 1 fully saturated rings. The van der Waals surface area contributed by atoms with Crippen molar-refractivity contribution in [1.29, 1.82) is 0 Å². The molecule has 1 nitrogen and oxygen atoms in total. The highest BCUT2D eigenvalue weighted by molar-refractivity contribution is 6.67. The Kier molecular flexibility index (Phi) is 5.17. The van der Waals surface area contributed by atoms with Gasteiger partial charge in [-0.2, -0.15) is 0 Å². The maximum atomic E-state index is 5.55. The lowest BCUT2D eigenvalue weighted by molar-refractivity contribution is 0.139. The van der Waals surface area contributed by atoms with E-state index in [9.17, 15) is 0 Å². The molecule has 1 radical (unpaired) electrons. The SMILES string of the molecule is ClC(Cl)(Cl)COC[C]1CCCCC1. The standard InChI is InChI=1S/C9H14Cl3O/c10-9(11,12)7-13-6-8-4-2-1-3-5-8/h1-7H2. The largest absolute Gasteiger partial charge is 0.376 e. The number of hydrogen-bond acceptors (Lipinski definition) is 1. The first kappa shape index (κ1) is 11.9. The molecule has 0 aromatic heterocycles. The van der Waals surface area contributed by atoms with Gasteiger partial charge in [0.15, 0.2) is 0 Å². The van der Waals surface area contributed by atoms with Crippen LogP contribution in [0.15, 0.2) is 0 Å². The first-order valence-electron chi connectivity index (χ1n) is 4.56. The second-order valence-electron chi connectivity index (χ2n) is 3.42. The summed E-state index contributed by atoms with van der Waals surface area (Å²) < 4.78 is 4.04. The highest BCUT2D eigenvalue weighted by Crippen LogP contribution is 2.28. The normalized spacial score (nSPS) is 20.5. The zero-order valence-corrected chi connectivity index (χ0v) is 9.76. The molecule has 1 saturated carbocycles. The van der Waals surface area contributed by atoms with Gasteiger partial charge in [-0.1, -0.05) is 54.1 Å². The van der Waals surface area contributed by atoms with Crippen LogP contribution >= 0.6 is 34.8 Å². The molecular weight excluding hydrogens is 230 g/mol. The Balaban J connectivity index is 2.04. The highest BCUT2D eigenvalue weighted by Gasteiger charge is 2.21. The quantitative estimate of drug-likeness (QED) is 0.684. The van der Waals surface area contributed by atoms with E-state index in [1.807, 2.05) is 0 Å². The molecule has 0 N–H and O–H groups in total. The van der Waals surface area contributed by atoms with Gasteiger partial charge in [-0.3, -0.25) is 0 Å². The minimum absolute atomic E-state index is 0.182. The van der Waals surface area contributed by atoms with Crippen LogP contribution in [0.3, 0.4) is 0 Å². The molecule has 13 heavy (non-hydrogen) atoms. The fraction of sp³-hybridized carbons (Fsp3) is 0.889. The minimum atomic E-state index is -1.27. The van der Waals surface area contributed by atoms with Gasteiger partial charge in [0.05, 0.1) is 13.2 Å². The lowest BCUT2D eigenvalue weighted by atomic mass is 9.90. The fourth-order valence-corrected chi connectivity index (χ4v) is 1.74. The zero-order valence-electron chi connectivity index (χ0n) is 7.49. The first-order valence-corrected chi connectivity index (χ1v) is 5.69. The molecule has 0 spiro atoms. The topological polar surface area (TPSA) is 9.23 Å². The van der Waals surface area contributed by atoms with Crippen molar-refractivity contribution in [3.63, 3.8) is 0 Å². The summed E-state index contributed by atoms with van der Waals surface area (Å²) in [6, 6.07) is 0. The van der Waals surface area contributed by atoms with Gasteiger partial charge in [0.1, 0.15) is 0 Å². The number of ether oxygens (including phenoxy) is 1. The van der Waals surface area contributed by atoms with E-state index in [0.29, 0.717) is 6.61 Å². The Hall–Kier alpha value is 0.830. The fourth-order valence-electron chi connectivity index (χ4n) is 1.51. The molecular formula is C9H14Cl3O. The maximum Gasteiger partial charge on any atom is 0.213 e. The van der Waals surface area contributed by atoms with E-state index in [1.165, 1.54) is 38.0 Å². The van der Waals surface area contributed by atoms with Crippen molar-refractivity contribution in [3.05, 3.63) is 5.92 Å². The summed E-state index contributed by atoms with van der Waals surface area (Å²) >= 11 is 16.6. The van der Waals surface area contributed by atoms with Crippen LogP contribution < -0.4 is 0 Å². The number of hydrogen-bond donors (Lipinski definition) is 0. The van der Waals surface area contributed by atoms with Crippen LogP contribution in [0.4, 0.5) is 0 Å². The van der Waals surface area contributed by atoms with E-state index in [-0.39, 0.29) is 6.61 Å². The van der Waals surface area contributed by atoms with E-state index in [4.69, 9.17) is 39.5 Å². The predicted octanol–water partition coefficient (Wildman–Crippen LogP) is 3.91. The smallest absolute Gasteiger partial charge is 0.213 e. The van der Waals surface area contributed by atoms with Gasteiger partial charge < -0.3 is 4.74 Å². The minimum Gasteiger partial charge on any atom is -0.376 e. The van der Waals surface area contributed by atoms with Crippen molar-refractivity contribution < 1.29 is 4.74 Å². The van der Waals surface area contributed by atoms with Crippen LogP contribution in [0, 0.1) is 5.92 Å². The van der Waals surface area contributed by atoms with Gasteiger partial charge in [-0.25, -0.2) is 0 Å². The molecule has 0 aromatic carbocycles.